The van der Waals surface area contributed by atoms with Gasteiger partial charge in [-0.1, -0.05) is 31.2 Å². The average molecular weight is 291 g/mol. The highest BCUT2D eigenvalue weighted by molar-refractivity contribution is 7.91. The number of carbonyl (C=O) groups excluding carboxylic acids is 1. The number of nitrogens with zero attached hydrogens (tertiary/aromatic N) is 1. The van der Waals surface area contributed by atoms with Crippen LogP contribution in [0.2, 0.25) is 0 Å². The molecule has 2 aromatic rings. The Morgan fingerprint density at radius 3 is 2.70 bits per heavy atom. The van der Waals surface area contributed by atoms with E-state index in [1.807, 2.05) is 30.3 Å². The molecule has 0 aliphatic heterocycles. The molecule has 4 nitrogen and oxygen atoms in total. The first-order valence-corrected chi connectivity index (χ1v) is 8.43. The van der Waals surface area contributed by atoms with Gasteiger partial charge in [-0.3, -0.25) is 9.78 Å². The fraction of sp³-hybridized carbons (Fsp3) is 0.333. The summed E-state index contributed by atoms with van der Waals surface area (Å²) < 4.78 is 22.8. The molecule has 5 heteroatoms. The number of ketones is 1. The Hall–Kier alpha value is -1.75. The van der Waals surface area contributed by atoms with E-state index in [0.29, 0.717) is 12.1 Å². The second kappa shape index (κ2) is 6.13. The second-order valence-electron chi connectivity index (χ2n) is 4.64. The first-order valence-electron chi connectivity index (χ1n) is 6.61. The van der Waals surface area contributed by atoms with Crippen LogP contribution in [0.3, 0.4) is 0 Å². The lowest BCUT2D eigenvalue weighted by Gasteiger charge is -2.05. The van der Waals surface area contributed by atoms with Gasteiger partial charge in [0.1, 0.15) is 15.5 Å². The Kier molecular flexibility index (Phi) is 4.49. The third-order valence-electron chi connectivity index (χ3n) is 3.24. The van der Waals surface area contributed by atoms with Crippen molar-refractivity contribution < 1.29 is 13.2 Å². The van der Waals surface area contributed by atoms with Crippen molar-refractivity contribution in [3.8, 4) is 0 Å². The fourth-order valence-electron chi connectivity index (χ4n) is 2.06. The van der Waals surface area contributed by atoms with Crippen LogP contribution in [-0.2, 0) is 9.84 Å². The minimum absolute atomic E-state index is 0.0556. The quantitative estimate of drug-likeness (QED) is 0.767. The van der Waals surface area contributed by atoms with Crippen LogP contribution < -0.4 is 0 Å². The molecule has 0 amide bonds. The number of aromatic nitrogens is 1. The lowest BCUT2D eigenvalue weighted by molar-refractivity contribution is 0.0979. The van der Waals surface area contributed by atoms with Gasteiger partial charge in [-0.2, -0.15) is 0 Å². The van der Waals surface area contributed by atoms with Crippen LogP contribution in [0.4, 0.5) is 0 Å². The summed E-state index contributed by atoms with van der Waals surface area (Å²) in [5.74, 6) is 0.0707. The molecule has 1 aromatic carbocycles. The highest BCUT2D eigenvalue weighted by atomic mass is 32.2. The molecule has 1 aromatic heterocycles. The van der Waals surface area contributed by atoms with Gasteiger partial charge < -0.3 is 0 Å². The summed E-state index contributed by atoms with van der Waals surface area (Å²) in [7, 11) is -3.01. The molecule has 106 valence electrons. The van der Waals surface area contributed by atoms with Crippen molar-refractivity contribution in [1.82, 2.24) is 4.98 Å². The van der Waals surface area contributed by atoms with Crippen LogP contribution >= 0.6 is 0 Å². The number of hydrogen-bond acceptors (Lipinski definition) is 4. The van der Waals surface area contributed by atoms with E-state index in [1.54, 1.807) is 13.1 Å². The van der Waals surface area contributed by atoms with Gasteiger partial charge in [0, 0.05) is 23.8 Å². The molecule has 0 bridgehead atoms. The summed E-state index contributed by atoms with van der Waals surface area (Å²) >= 11 is 0. The van der Waals surface area contributed by atoms with Gasteiger partial charge in [0.2, 0.25) is 0 Å². The van der Waals surface area contributed by atoms with E-state index >= 15 is 0 Å². The number of Topliss-reactive ketones (excluding diaryl/α,β-unsaturated/α-hetero) is 1. The molecule has 2 rings (SSSR count). The third-order valence-corrected chi connectivity index (χ3v) is 5.03. The summed E-state index contributed by atoms with van der Waals surface area (Å²) in [6.45, 7) is 1.61. The van der Waals surface area contributed by atoms with Crippen molar-refractivity contribution >= 4 is 26.4 Å². The number of pyridine rings is 1. The predicted molar refractivity (Wildman–Crippen MR) is 79.6 cm³/mol. The number of carbonyl (C=O) groups is 1. The van der Waals surface area contributed by atoms with Crippen LogP contribution in [0.1, 0.15) is 30.3 Å². The standard InChI is InChI=1S/C15H17NO3S/c1-2-20(18,19)11-5-8-14(17)15-13-7-4-3-6-12(13)9-10-16-15/h3-4,6-7,9-10H,2,5,8,11H2,1H3. The largest absolute Gasteiger partial charge is 0.292 e. The SMILES string of the molecule is CCS(=O)(=O)CCCC(=O)c1nccc2ccccc12. The number of hydrogen-bond donors (Lipinski definition) is 0. The van der Waals surface area contributed by atoms with Crippen LogP contribution in [0.25, 0.3) is 10.8 Å². The van der Waals surface area contributed by atoms with Crippen molar-refractivity contribution in [2.24, 2.45) is 0 Å². The third kappa shape index (κ3) is 3.42. The molecule has 0 saturated heterocycles. The average Bonchev–Trinajstić information content (AvgIpc) is 2.46. The lowest BCUT2D eigenvalue weighted by atomic mass is 10.1. The van der Waals surface area contributed by atoms with E-state index in [2.05, 4.69) is 4.98 Å². The lowest BCUT2D eigenvalue weighted by Crippen LogP contribution is -2.11. The highest BCUT2D eigenvalue weighted by Gasteiger charge is 2.13. The molecular weight excluding hydrogens is 274 g/mol. The number of benzene rings is 1. The van der Waals surface area contributed by atoms with Gasteiger partial charge >= 0.3 is 0 Å². The van der Waals surface area contributed by atoms with E-state index in [1.165, 1.54) is 0 Å². The minimum atomic E-state index is -3.01. The van der Waals surface area contributed by atoms with Crippen molar-refractivity contribution in [2.45, 2.75) is 19.8 Å². The Morgan fingerprint density at radius 1 is 1.20 bits per heavy atom. The molecule has 0 saturated carbocycles. The zero-order chi connectivity index (χ0) is 14.6. The van der Waals surface area contributed by atoms with E-state index in [-0.39, 0.29) is 23.7 Å². The fourth-order valence-corrected chi connectivity index (χ4v) is 2.93. The smallest absolute Gasteiger partial charge is 0.181 e. The van der Waals surface area contributed by atoms with Crippen molar-refractivity contribution in [1.29, 1.82) is 0 Å². The van der Waals surface area contributed by atoms with Gasteiger partial charge in [0.15, 0.2) is 5.78 Å². The maximum atomic E-state index is 12.2. The molecule has 0 spiro atoms. The van der Waals surface area contributed by atoms with Gasteiger partial charge in [-0.15, -0.1) is 0 Å². The maximum Gasteiger partial charge on any atom is 0.181 e. The molecule has 0 unspecified atom stereocenters. The monoisotopic (exact) mass is 291 g/mol. The van der Waals surface area contributed by atoms with Crippen molar-refractivity contribution in [2.75, 3.05) is 11.5 Å². The molecule has 1 heterocycles. The Morgan fingerprint density at radius 2 is 1.95 bits per heavy atom. The molecule has 0 radical (unpaired) electrons. The van der Waals surface area contributed by atoms with Gasteiger partial charge in [-0.05, 0) is 17.9 Å². The summed E-state index contributed by atoms with van der Waals surface area (Å²) in [6.07, 6.45) is 2.17. The minimum Gasteiger partial charge on any atom is -0.292 e. The molecular formula is C15H17NO3S. The highest BCUT2D eigenvalue weighted by Crippen LogP contribution is 2.18. The number of sulfone groups is 1. The molecule has 0 aliphatic carbocycles. The van der Waals surface area contributed by atoms with Crippen molar-refractivity contribution in [3.63, 3.8) is 0 Å². The van der Waals surface area contributed by atoms with Gasteiger partial charge in [0.05, 0.1) is 5.75 Å². The van der Waals surface area contributed by atoms with Crippen LogP contribution in [0, 0.1) is 0 Å². The zero-order valence-electron chi connectivity index (χ0n) is 11.4. The number of fused-ring (bicyclic) bond motifs is 1. The Bertz CT molecular complexity index is 717. The maximum absolute atomic E-state index is 12.2. The Labute approximate surface area is 118 Å². The van der Waals surface area contributed by atoms with Gasteiger partial charge in [-0.25, -0.2) is 8.42 Å². The molecule has 0 N–H and O–H groups in total. The normalized spacial score (nSPS) is 11.7. The van der Waals surface area contributed by atoms with Crippen LogP contribution in [-0.4, -0.2) is 30.7 Å². The van der Waals surface area contributed by atoms with E-state index < -0.39 is 9.84 Å². The van der Waals surface area contributed by atoms with E-state index in [9.17, 15) is 13.2 Å². The predicted octanol–water partition coefficient (Wildman–Crippen LogP) is 2.63. The number of rotatable bonds is 6. The Balaban J connectivity index is 2.12. The van der Waals surface area contributed by atoms with E-state index in [4.69, 9.17) is 0 Å². The van der Waals surface area contributed by atoms with Crippen LogP contribution in [0.15, 0.2) is 36.5 Å². The summed E-state index contributed by atoms with van der Waals surface area (Å²) in [4.78, 5) is 16.3. The zero-order valence-corrected chi connectivity index (χ0v) is 12.2. The molecule has 20 heavy (non-hydrogen) atoms. The topological polar surface area (TPSA) is 64.1 Å². The second-order valence-corrected chi connectivity index (χ2v) is 7.12. The first-order chi connectivity index (χ1) is 9.53. The first kappa shape index (κ1) is 14.7. The van der Waals surface area contributed by atoms with E-state index in [0.717, 1.165) is 10.8 Å². The van der Waals surface area contributed by atoms with Crippen LogP contribution in [0.5, 0.6) is 0 Å². The summed E-state index contributed by atoms with van der Waals surface area (Å²) in [5, 5.41) is 1.78. The molecule has 0 aliphatic rings. The summed E-state index contributed by atoms with van der Waals surface area (Å²) in [5.41, 5.74) is 0.428. The summed E-state index contributed by atoms with van der Waals surface area (Å²) in [6, 6.07) is 9.41. The van der Waals surface area contributed by atoms with Crippen molar-refractivity contribution in [3.05, 3.63) is 42.2 Å². The molecule has 0 fully saturated rings. The van der Waals surface area contributed by atoms with Gasteiger partial charge in [0.25, 0.3) is 0 Å². The molecule has 0 atom stereocenters.